The van der Waals surface area contributed by atoms with E-state index in [1.54, 1.807) is 35.2 Å². The molecule has 0 aliphatic heterocycles. The number of rotatable bonds is 6. The van der Waals surface area contributed by atoms with Crippen LogP contribution in [0.2, 0.25) is 0 Å². The second-order valence-electron chi connectivity index (χ2n) is 5.11. The quantitative estimate of drug-likeness (QED) is 0.328. The van der Waals surface area contributed by atoms with Crippen LogP contribution in [0.3, 0.4) is 0 Å². The first-order valence-corrected chi connectivity index (χ1v) is 8.27. The number of benzene rings is 1. The Hall–Kier alpha value is -2.51. The fourth-order valence-corrected chi connectivity index (χ4v) is 2.82. The third kappa shape index (κ3) is 5.23. The lowest BCUT2D eigenvalue weighted by molar-refractivity contribution is -0.683. The molecular weight excluding hydrogens is 402 g/mol. The lowest BCUT2D eigenvalue weighted by Gasteiger charge is -2.07. The van der Waals surface area contributed by atoms with E-state index < -0.39 is 0 Å². The molecule has 1 aromatic carbocycles. The summed E-state index contributed by atoms with van der Waals surface area (Å²) < 4.78 is 1.71. The largest absolute Gasteiger partial charge is 1.00 e. The van der Waals surface area contributed by atoms with Crippen LogP contribution in [-0.4, -0.2) is 11.7 Å². The molecule has 3 aromatic rings. The molecule has 0 atom stereocenters. The zero-order valence-corrected chi connectivity index (χ0v) is 15.6. The van der Waals surface area contributed by atoms with Crippen molar-refractivity contribution in [3.63, 3.8) is 0 Å². The van der Waals surface area contributed by atoms with Gasteiger partial charge in [0, 0.05) is 6.07 Å². The number of para-hydroxylation sites is 1. The SMILES string of the molecule is O=C(NNc1ccccc1)c1ccc[n+](CC(=O)c2cccs2)c1.[Br-]. The Kier molecular flexibility index (Phi) is 6.85. The number of Topliss-reactive ketones (excluding diaryl/α,β-unsaturated/α-hetero) is 1. The van der Waals surface area contributed by atoms with E-state index in [1.165, 1.54) is 11.3 Å². The van der Waals surface area contributed by atoms with Crippen LogP contribution in [0.4, 0.5) is 5.69 Å². The second-order valence-corrected chi connectivity index (χ2v) is 6.06. The molecule has 25 heavy (non-hydrogen) atoms. The van der Waals surface area contributed by atoms with Gasteiger partial charge in [-0.3, -0.25) is 20.4 Å². The highest BCUT2D eigenvalue weighted by Gasteiger charge is 2.15. The Morgan fingerprint density at radius 3 is 2.52 bits per heavy atom. The third-order valence-corrected chi connectivity index (χ3v) is 4.25. The first-order chi connectivity index (χ1) is 11.7. The van der Waals surface area contributed by atoms with Crippen LogP contribution in [0, 0.1) is 0 Å². The molecule has 0 radical (unpaired) electrons. The van der Waals surface area contributed by atoms with Crippen molar-refractivity contribution in [2.75, 3.05) is 5.43 Å². The average molecular weight is 418 g/mol. The average Bonchev–Trinajstić information content (AvgIpc) is 3.15. The summed E-state index contributed by atoms with van der Waals surface area (Å²) in [6, 6.07) is 16.5. The molecule has 128 valence electrons. The Balaban J connectivity index is 0.00000225. The molecule has 0 spiro atoms. The summed E-state index contributed by atoms with van der Waals surface area (Å²) in [4.78, 5) is 25.1. The molecule has 0 saturated carbocycles. The zero-order valence-electron chi connectivity index (χ0n) is 13.2. The number of halogens is 1. The predicted octanol–water partition coefficient (Wildman–Crippen LogP) is -0.321. The number of anilines is 1. The first-order valence-electron chi connectivity index (χ1n) is 7.39. The van der Waals surface area contributed by atoms with Gasteiger partial charge in [0.2, 0.25) is 12.3 Å². The van der Waals surface area contributed by atoms with E-state index in [0.29, 0.717) is 10.4 Å². The molecule has 0 fully saturated rings. The predicted molar refractivity (Wildman–Crippen MR) is 92.8 cm³/mol. The van der Waals surface area contributed by atoms with Gasteiger partial charge in [0.25, 0.3) is 5.91 Å². The minimum absolute atomic E-state index is 0. The van der Waals surface area contributed by atoms with Crippen LogP contribution in [0.25, 0.3) is 0 Å². The van der Waals surface area contributed by atoms with Gasteiger partial charge in [-0.25, -0.2) is 0 Å². The van der Waals surface area contributed by atoms with Crippen LogP contribution >= 0.6 is 11.3 Å². The third-order valence-electron chi connectivity index (χ3n) is 3.34. The zero-order chi connectivity index (χ0) is 16.8. The molecule has 2 aromatic heterocycles. The maximum Gasteiger partial charge on any atom is 0.275 e. The molecule has 0 saturated heterocycles. The molecule has 0 aliphatic carbocycles. The number of carbonyl (C=O) groups excluding carboxylic acids is 2. The monoisotopic (exact) mass is 417 g/mol. The highest BCUT2D eigenvalue weighted by molar-refractivity contribution is 7.12. The van der Waals surface area contributed by atoms with Crippen LogP contribution in [0.15, 0.2) is 72.4 Å². The number of hydrogen-bond donors (Lipinski definition) is 2. The van der Waals surface area contributed by atoms with Gasteiger partial charge in [-0.15, -0.1) is 11.3 Å². The maximum absolute atomic E-state index is 12.2. The molecule has 5 nitrogen and oxygen atoms in total. The van der Waals surface area contributed by atoms with Gasteiger partial charge in [-0.05, 0) is 29.6 Å². The maximum atomic E-state index is 12.2. The van der Waals surface area contributed by atoms with Crippen molar-refractivity contribution in [3.05, 3.63) is 82.8 Å². The Morgan fingerprint density at radius 2 is 1.80 bits per heavy atom. The smallest absolute Gasteiger partial charge is 0.275 e. The van der Waals surface area contributed by atoms with Crippen molar-refractivity contribution < 1.29 is 31.1 Å². The minimum Gasteiger partial charge on any atom is -1.00 e. The number of hydrazine groups is 1. The number of ketones is 1. The van der Waals surface area contributed by atoms with E-state index in [2.05, 4.69) is 10.9 Å². The molecule has 1 amide bonds. The van der Waals surface area contributed by atoms with Gasteiger partial charge in [0.15, 0.2) is 12.4 Å². The molecule has 3 rings (SSSR count). The Bertz CT molecular complexity index is 839. The fraction of sp³-hybridized carbons (Fsp3) is 0.0556. The lowest BCUT2D eigenvalue weighted by atomic mass is 10.2. The number of pyridine rings is 1. The van der Waals surface area contributed by atoms with E-state index in [4.69, 9.17) is 0 Å². The van der Waals surface area contributed by atoms with Crippen LogP contribution in [-0.2, 0) is 6.54 Å². The van der Waals surface area contributed by atoms with Gasteiger partial charge >= 0.3 is 0 Å². The van der Waals surface area contributed by atoms with Crippen LogP contribution in [0.1, 0.15) is 20.0 Å². The molecule has 7 heteroatoms. The number of hydrogen-bond acceptors (Lipinski definition) is 4. The summed E-state index contributed by atoms with van der Waals surface area (Å²) in [5, 5.41) is 1.87. The van der Waals surface area contributed by atoms with E-state index in [-0.39, 0.29) is 35.2 Å². The topological polar surface area (TPSA) is 62.1 Å². The van der Waals surface area contributed by atoms with Crippen LogP contribution < -0.4 is 32.4 Å². The number of aromatic nitrogens is 1. The van der Waals surface area contributed by atoms with Gasteiger partial charge in [-0.1, -0.05) is 24.3 Å². The van der Waals surface area contributed by atoms with Crippen molar-refractivity contribution in [1.82, 2.24) is 5.43 Å². The Labute approximate surface area is 160 Å². The van der Waals surface area contributed by atoms with Crippen LogP contribution in [0.5, 0.6) is 0 Å². The van der Waals surface area contributed by atoms with Gasteiger partial charge in [0.1, 0.15) is 5.56 Å². The summed E-state index contributed by atoms with van der Waals surface area (Å²) in [6.45, 7) is 0.202. The fourth-order valence-electron chi connectivity index (χ4n) is 2.16. The van der Waals surface area contributed by atoms with E-state index in [0.717, 1.165) is 5.69 Å². The van der Waals surface area contributed by atoms with Crippen molar-refractivity contribution in [3.8, 4) is 0 Å². The summed E-state index contributed by atoms with van der Waals surface area (Å²) in [6.07, 6.45) is 3.43. The molecular formula is C18H16BrN3O2S. The van der Waals surface area contributed by atoms with Gasteiger partial charge in [-0.2, -0.15) is 4.57 Å². The number of amides is 1. The number of nitrogens with one attached hydrogen (secondary N) is 2. The molecule has 0 aliphatic rings. The number of carbonyl (C=O) groups is 2. The highest BCUT2D eigenvalue weighted by atomic mass is 79.9. The number of nitrogens with zero attached hydrogens (tertiary/aromatic N) is 1. The molecule has 0 bridgehead atoms. The first kappa shape index (κ1) is 18.8. The van der Waals surface area contributed by atoms with Crippen molar-refractivity contribution in [1.29, 1.82) is 0 Å². The van der Waals surface area contributed by atoms with Crippen molar-refractivity contribution in [2.45, 2.75) is 6.54 Å². The summed E-state index contributed by atoms with van der Waals surface area (Å²) in [7, 11) is 0. The molecule has 0 unspecified atom stereocenters. The summed E-state index contributed by atoms with van der Waals surface area (Å²) in [5.74, 6) is -0.244. The van der Waals surface area contributed by atoms with E-state index >= 15 is 0 Å². The standard InChI is InChI=1S/C18H15N3O2S.BrH/c22-16(17-9-5-11-24-17)13-21-10-4-6-14(12-21)18(23)20-19-15-7-2-1-3-8-15;/h1-12,19H,13H2;1H. The molecule has 2 N–H and O–H groups in total. The minimum atomic E-state index is -0.267. The number of thiophene rings is 1. The highest BCUT2D eigenvalue weighted by Crippen LogP contribution is 2.09. The van der Waals surface area contributed by atoms with E-state index in [1.807, 2.05) is 41.8 Å². The van der Waals surface area contributed by atoms with Gasteiger partial charge in [0.05, 0.1) is 10.6 Å². The summed E-state index contributed by atoms with van der Waals surface area (Å²) in [5.41, 5.74) is 6.76. The van der Waals surface area contributed by atoms with E-state index in [9.17, 15) is 9.59 Å². The van der Waals surface area contributed by atoms with Gasteiger partial charge < -0.3 is 17.0 Å². The Morgan fingerprint density at radius 1 is 1.00 bits per heavy atom. The second kappa shape index (κ2) is 9.10. The molecule has 2 heterocycles. The van der Waals surface area contributed by atoms with Crippen molar-refractivity contribution >= 4 is 28.7 Å². The van der Waals surface area contributed by atoms with Crippen molar-refractivity contribution in [2.24, 2.45) is 0 Å². The lowest BCUT2D eigenvalue weighted by Crippen LogP contribution is -3.00. The normalized spacial score (nSPS) is 9.76. The summed E-state index contributed by atoms with van der Waals surface area (Å²) >= 11 is 1.41.